The number of hydrogen-bond donors (Lipinski definition) is 1. The van der Waals surface area contributed by atoms with E-state index in [2.05, 4.69) is 4.90 Å². The van der Waals surface area contributed by atoms with Crippen molar-refractivity contribution in [2.75, 3.05) is 20.2 Å². The summed E-state index contributed by atoms with van der Waals surface area (Å²) in [7, 11) is 1.63. The molecule has 0 radical (unpaired) electrons. The Morgan fingerprint density at radius 2 is 1.70 bits per heavy atom. The first-order valence-electron chi connectivity index (χ1n) is 9.54. The average molecular weight is 373 g/mol. The van der Waals surface area contributed by atoms with E-state index in [4.69, 9.17) is 4.74 Å². The van der Waals surface area contributed by atoms with E-state index in [9.17, 15) is 13.9 Å². The molecule has 1 aliphatic carbocycles. The van der Waals surface area contributed by atoms with Crippen molar-refractivity contribution >= 4 is 0 Å². The molecule has 0 aromatic heterocycles. The Morgan fingerprint density at radius 1 is 1.04 bits per heavy atom. The normalized spacial score (nSPS) is 28.1. The van der Waals surface area contributed by atoms with Gasteiger partial charge < -0.3 is 9.84 Å². The van der Waals surface area contributed by atoms with Crippen LogP contribution in [-0.4, -0.2) is 30.2 Å². The van der Waals surface area contributed by atoms with Gasteiger partial charge in [-0.3, -0.25) is 4.90 Å². The lowest BCUT2D eigenvalue weighted by Crippen LogP contribution is -2.57. The van der Waals surface area contributed by atoms with E-state index >= 15 is 0 Å². The zero-order valence-electron chi connectivity index (χ0n) is 15.5. The quantitative estimate of drug-likeness (QED) is 0.876. The van der Waals surface area contributed by atoms with E-state index in [1.54, 1.807) is 13.2 Å². The van der Waals surface area contributed by atoms with Crippen molar-refractivity contribution in [1.82, 2.24) is 4.90 Å². The first-order chi connectivity index (χ1) is 13.0. The number of ether oxygens (including phenoxy) is 1. The molecule has 0 spiro atoms. The number of likely N-dealkylation sites (tertiary alicyclic amines) is 1. The van der Waals surface area contributed by atoms with Crippen LogP contribution in [0, 0.1) is 23.5 Å². The number of piperidine rings is 1. The molecule has 144 valence electrons. The number of nitrogens with zero attached hydrogens (tertiary/aromatic N) is 1. The number of methoxy groups -OCH3 is 1. The summed E-state index contributed by atoms with van der Waals surface area (Å²) in [6, 6.07) is 11.8. The molecule has 3 nitrogen and oxygen atoms in total. The summed E-state index contributed by atoms with van der Waals surface area (Å²) in [5.74, 6) is -0.585. The Labute approximate surface area is 158 Å². The fourth-order valence-corrected chi connectivity index (χ4v) is 4.90. The van der Waals surface area contributed by atoms with Crippen LogP contribution in [0.25, 0.3) is 0 Å². The summed E-state index contributed by atoms with van der Waals surface area (Å²) in [6.45, 7) is 2.07. The molecular weight excluding hydrogens is 348 g/mol. The van der Waals surface area contributed by atoms with Gasteiger partial charge in [-0.05, 0) is 48.2 Å². The summed E-state index contributed by atoms with van der Waals surface area (Å²) in [5.41, 5.74) is 0.877. The second-order valence-electron chi connectivity index (χ2n) is 7.82. The Bertz CT molecular complexity index is 794. The number of rotatable bonds is 4. The van der Waals surface area contributed by atoms with Crippen LogP contribution in [-0.2, 0) is 12.1 Å². The smallest absolute Gasteiger partial charge is 0.159 e. The maximum Gasteiger partial charge on any atom is 0.159 e. The number of aliphatic hydroxyl groups is 1. The first-order valence-corrected chi connectivity index (χ1v) is 9.54. The van der Waals surface area contributed by atoms with Crippen molar-refractivity contribution in [2.45, 2.75) is 31.4 Å². The molecular formula is C22H25F2NO2. The van der Waals surface area contributed by atoms with Crippen molar-refractivity contribution in [2.24, 2.45) is 11.8 Å². The standard InChI is InChI=1S/C22H25F2NO2/c1-27-19-8-6-16(7-9-19)22(26)17-3-2-4-18(22)14-25(13-17)12-15-5-10-20(23)21(24)11-15/h5-11,17-18,26H,2-4,12-14H2,1H3/t17-,18-/m1/s1. The van der Waals surface area contributed by atoms with Crippen LogP contribution in [0.1, 0.15) is 30.4 Å². The molecule has 2 aromatic rings. The van der Waals surface area contributed by atoms with Crippen LogP contribution in [0.3, 0.4) is 0 Å². The maximum atomic E-state index is 13.5. The van der Waals surface area contributed by atoms with Gasteiger partial charge in [0.15, 0.2) is 11.6 Å². The summed E-state index contributed by atoms with van der Waals surface area (Å²) in [4.78, 5) is 2.26. The molecule has 1 saturated carbocycles. The summed E-state index contributed by atoms with van der Waals surface area (Å²) in [6.07, 6.45) is 3.05. The molecule has 5 heteroatoms. The molecule has 1 N–H and O–H groups in total. The van der Waals surface area contributed by atoms with Gasteiger partial charge in [-0.15, -0.1) is 0 Å². The van der Waals surface area contributed by atoms with Crippen LogP contribution in [0.2, 0.25) is 0 Å². The monoisotopic (exact) mass is 373 g/mol. The highest BCUT2D eigenvalue weighted by Gasteiger charge is 2.51. The molecule has 2 aliphatic rings. The van der Waals surface area contributed by atoms with Crippen molar-refractivity contribution in [3.05, 3.63) is 65.2 Å². The molecule has 2 aromatic carbocycles. The van der Waals surface area contributed by atoms with E-state index in [0.717, 1.165) is 49.2 Å². The zero-order valence-corrected chi connectivity index (χ0v) is 15.5. The molecule has 2 atom stereocenters. The third kappa shape index (κ3) is 3.34. The molecule has 1 saturated heterocycles. The van der Waals surface area contributed by atoms with Crippen LogP contribution < -0.4 is 4.74 Å². The number of hydrogen-bond acceptors (Lipinski definition) is 3. The largest absolute Gasteiger partial charge is 0.497 e. The third-order valence-corrected chi connectivity index (χ3v) is 6.25. The highest BCUT2D eigenvalue weighted by atomic mass is 19.2. The van der Waals surface area contributed by atoms with E-state index in [-0.39, 0.29) is 11.8 Å². The van der Waals surface area contributed by atoms with Gasteiger partial charge in [0.2, 0.25) is 0 Å². The molecule has 0 unspecified atom stereocenters. The lowest BCUT2D eigenvalue weighted by molar-refractivity contribution is -0.148. The highest BCUT2D eigenvalue weighted by Crippen LogP contribution is 2.49. The second kappa shape index (κ2) is 7.21. The van der Waals surface area contributed by atoms with E-state index in [1.807, 2.05) is 24.3 Å². The van der Waals surface area contributed by atoms with Gasteiger partial charge in [-0.1, -0.05) is 24.6 Å². The van der Waals surface area contributed by atoms with E-state index in [0.29, 0.717) is 6.54 Å². The van der Waals surface area contributed by atoms with Gasteiger partial charge in [0.25, 0.3) is 0 Å². The molecule has 27 heavy (non-hydrogen) atoms. The van der Waals surface area contributed by atoms with Gasteiger partial charge in [0.05, 0.1) is 12.7 Å². The first kappa shape index (κ1) is 18.4. The summed E-state index contributed by atoms with van der Waals surface area (Å²) < 4.78 is 31.9. The van der Waals surface area contributed by atoms with Crippen LogP contribution in [0.15, 0.2) is 42.5 Å². The highest BCUT2D eigenvalue weighted by molar-refractivity contribution is 5.33. The fraction of sp³-hybridized carbons (Fsp3) is 0.455. The van der Waals surface area contributed by atoms with Crippen LogP contribution in [0.5, 0.6) is 5.75 Å². The van der Waals surface area contributed by atoms with Crippen molar-refractivity contribution < 1.29 is 18.6 Å². The van der Waals surface area contributed by atoms with E-state index in [1.165, 1.54) is 12.1 Å². The Morgan fingerprint density at radius 3 is 2.30 bits per heavy atom. The minimum Gasteiger partial charge on any atom is -0.497 e. The van der Waals surface area contributed by atoms with Crippen molar-refractivity contribution in [3.8, 4) is 5.75 Å². The maximum absolute atomic E-state index is 13.5. The van der Waals surface area contributed by atoms with Crippen molar-refractivity contribution in [1.29, 1.82) is 0 Å². The Balaban J connectivity index is 1.55. The number of halogens is 2. The molecule has 0 amide bonds. The second-order valence-corrected chi connectivity index (χ2v) is 7.82. The average Bonchev–Trinajstić information content (AvgIpc) is 2.66. The Hall–Kier alpha value is -1.98. The van der Waals surface area contributed by atoms with Crippen LogP contribution in [0.4, 0.5) is 8.78 Å². The van der Waals surface area contributed by atoms with Gasteiger partial charge in [-0.2, -0.15) is 0 Å². The summed E-state index contributed by atoms with van der Waals surface area (Å²) in [5, 5.41) is 11.7. The molecule has 1 heterocycles. The van der Waals surface area contributed by atoms with Gasteiger partial charge in [0.1, 0.15) is 5.75 Å². The van der Waals surface area contributed by atoms with E-state index < -0.39 is 17.2 Å². The minimum absolute atomic E-state index is 0.128. The fourth-order valence-electron chi connectivity index (χ4n) is 4.90. The van der Waals surface area contributed by atoms with Gasteiger partial charge >= 0.3 is 0 Å². The molecule has 2 fully saturated rings. The summed E-state index contributed by atoms with van der Waals surface area (Å²) >= 11 is 0. The topological polar surface area (TPSA) is 32.7 Å². The van der Waals surface area contributed by atoms with Gasteiger partial charge in [-0.25, -0.2) is 8.78 Å². The number of fused-ring (bicyclic) bond motifs is 2. The van der Waals surface area contributed by atoms with Gasteiger partial charge in [0, 0.05) is 31.5 Å². The lowest BCUT2D eigenvalue weighted by atomic mass is 9.62. The lowest BCUT2D eigenvalue weighted by Gasteiger charge is -2.53. The van der Waals surface area contributed by atoms with Crippen molar-refractivity contribution in [3.63, 3.8) is 0 Å². The minimum atomic E-state index is -0.838. The predicted molar refractivity (Wildman–Crippen MR) is 99.4 cm³/mol. The molecule has 1 aliphatic heterocycles. The number of benzene rings is 2. The molecule has 2 bridgehead atoms. The third-order valence-electron chi connectivity index (χ3n) is 6.25. The Kier molecular flexibility index (Phi) is 4.91. The SMILES string of the molecule is COc1ccc(C2(O)[C@@H]3CCC[C@@H]2CN(Cc2ccc(F)c(F)c2)C3)cc1. The predicted octanol–water partition coefficient (Wildman–Crippen LogP) is 4.09. The van der Waals surface area contributed by atoms with Crippen LogP contribution >= 0.6 is 0 Å². The molecule has 4 rings (SSSR count). The zero-order chi connectivity index (χ0) is 19.0.